The van der Waals surface area contributed by atoms with Crippen molar-refractivity contribution in [2.75, 3.05) is 32.7 Å². The zero-order chi connectivity index (χ0) is 27.2. The van der Waals surface area contributed by atoms with E-state index < -0.39 is 26.7 Å². The zero-order valence-corrected chi connectivity index (χ0v) is 21.7. The van der Waals surface area contributed by atoms with Gasteiger partial charge >= 0.3 is 6.18 Å². The maximum Gasteiger partial charge on any atom is 0.416 e. The lowest BCUT2D eigenvalue weighted by Crippen LogP contribution is -2.49. The standard InChI is InChI=1S/C28H30F3N3O3S/c29-28(30,31)25-12-7-13-26(20-25)38(36,37)34(22-24-10-5-2-6-11-24)15-14-27(35)33-18-16-32(17-19-33)21-23-8-3-1-4-9-23/h1-13,20H,14-19,21-22H2. The number of carbonyl (C=O) groups excluding carboxylic acids is 1. The average Bonchev–Trinajstić information content (AvgIpc) is 2.92. The summed E-state index contributed by atoms with van der Waals surface area (Å²) in [6.45, 7) is 3.07. The van der Waals surface area contributed by atoms with Gasteiger partial charge in [-0.1, -0.05) is 66.7 Å². The first-order valence-corrected chi connectivity index (χ1v) is 13.8. The number of sulfonamides is 1. The van der Waals surface area contributed by atoms with Gasteiger partial charge in [-0.05, 0) is 29.3 Å². The number of piperazine rings is 1. The predicted molar refractivity (Wildman–Crippen MR) is 138 cm³/mol. The van der Waals surface area contributed by atoms with Gasteiger partial charge in [0.2, 0.25) is 15.9 Å². The number of nitrogens with zero attached hydrogens (tertiary/aromatic N) is 3. The van der Waals surface area contributed by atoms with E-state index in [2.05, 4.69) is 17.0 Å². The van der Waals surface area contributed by atoms with Crippen molar-refractivity contribution in [1.29, 1.82) is 0 Å². The average molecular weight is 546 g/mol. The topological polar surface area (TPSA) is 60.9 Å². The van der Waals surface area contributed by atoms with Crippen LogP contribution >= 0.6 is 0 Å². The Kier molecular flexibility index (Phi) is 8.86. The summed E-state index contributed by atoms with van der Waals surface area (Å²) in [5, 5.41) is 0. The highest BCUT2D eigenvalue weighted by atomic mass is 32.2. The SMILES string of the molecule is O=C(CCN(Cc1ccccc1)S(=O)(=O)c1cccc(C(F)(F)F)c1)N1CCN(Cc2ccccc2)CC1. The minimum Gasteiger partial charge on any atom is -0.340 e. The Labute approximate surface area is 221 Å². The molecule has 0 spiro atoms. The Bertz CT molecular complexity index is 1310. The molecular weight excluding hydrogens is 515 g/mol. The highest BCUT2D eigenvalue weighted by molar-refractivity contribution is 7.89. The first-order valence-electron chi connectivity index (χ1n) is 12.4. The maximum absolute atomic E-state index is 13.4. The van der Waals surface area contributed by atoms with Crippen LogP contribution in [0.1, 0.15) is 23.1 Å². The molecule has 1 aliphatic rings. The molecular formula is C28H30F3N3O3S. The smallest absolute Gasteiger partial charge is 0.340 e. The maximum atomic E-state index is 13.4. The van der Waals surface area contributed by atoms with Crippen molar-refractivity contribution in [3.8, 4) is 0 Å². The summed E-state index contributed by atoms with van der Waals surface area (Å²) in [6.07, 6.45) is -4.74. The Balaban J connectivity index is 1.43. The van der Waals surface area contributed by atoms with Crippen molar-refractivity contribution in [3.05, 3.63) is 102 Å². The molecule has 1 aliphatic heterocycles. The van der Waals surface area contributed by atoms with Crippen molar-refractivity contribution in [3.63, 3.8) is 0 Å². The van der Waals surface area contributed by atoms with Gasteiger partial charge in [0.15, 0.2) is 0 Å². The van der Waals surface area contributed by atoms with Crippen LogP contribution in [0.25, 0.3) is 0 Å². The molecule has 1 amide bonds. The van der Waals surface area contributed by atoms with Gasteiger partial charge in [-0.3, -0.25) is 9.69 Å². The fraction of sp³-hybridized carbons (Fsp3) is 0.321. The van der Waals surface area contributed by atoms with Crippen LogP contribution in [-0.4, -0.2) is 61.2 Å². The predicted octanol–water partition coefficient (Wildman–Crippen LogP) is 4.63. The monoisotopic (exact) mass is 545 g/mol. The highest BCUT2D eigenvalue weighted by Gasteiger charge is 2.33. The van der Waals surface area contributed by atoms with E-state index in [9.17, 15) is 26.4 Å². The molecule has 38 heavy (non-hydrogen) atoms. The molecule has 0 radical (unpaired) electrons. The molecule has 4 rings (SSSR count). The normalized spacial score (nSPS) is 15.1. The van der Waals surface area contributed by atoms with Crippen LogP contribution in [0.3, 0.4) is 0 Å². The Hall–Kier alpha value is -3.21. The van der Waals surface area contributed by atoms with Gasteiger partial charge < -0.3 is 4.90 Å². The zero-order valence-electron chi connectivity index (χ0n) is 20.8. The van der Waals surface area contributed by atoms with E-state index in [1.807, 2.05) is 18.2 Å². The van der Waals surface area contributed by atoms with E-state index in [-0.39, 0.29) is 25.4 Å². The van der Waals surface area contributed by atoms with Gasteiger partial charge in [0.25, 0.3) is 0 Å². The van der Waals surface area contributed by atoms with Gasteiger partial charge in [-0.2, -0.15) is 17.5 Å². The lowest BCUT2D eigenvalue weighted by Gasteiger charge is -2.35. The third-order valence-electron chi connectivity index (χ3n) is 6.55. The number of halogens is 3. The van der Waals surface area contributed by atoms with Gasteiger partial charge in [-0.25, -0.2) is 8.42 Å². The van der Waals surface area contributed by atoms with Gasteiger partial charge in [0.05, 0.1) is 10.5 Å². The first kappa shape index (κ1) is 27.8. The molecule has 1 heterocycles. The Morgan fingerprint density at radius 2 is 1.42 bits per heavy atom. The van der Waals surface area contributed by atoms with E-state index in [0.717, 1.165) is 29.0 Å². The first-order chi connectivity index (χ1) is 18.1. The third-order valence-corrected chi connectivity index (χ3v) is 8.39. The molecule has 0 atom stereocenters. The van der Waals surface area contributed by atoms with Crippen LogP contribution in [-0.2, 0) is 34.1 Å². The second kappa shape index (κ2) is 12.1. The number of carbonyl (C=O) groups is 1. The molecule has 0 aliphatic carbocycles. The quantitative estimate of drug-likeness (QED) is 0.394. The van der Waals surface area contributed by atoms with E-state index in [0.29, 0.717) is 37.8 Å². The molecule has 3 aromatic carbocycles. The third kappa shape index (κ3) is 7.21. The largest absolute Gasteiger partial charge is 0.416 e. The summed E-state index contributed by atoms with van der Waals surface area (Å²) < 4.78 is 67.7. The van der Waals surface area contributed by atoms with Gasteiger partial charge in [0.1, 0.15) is 0 Å². The van der Waals surface area contributed by atoms with Crippen LogP contribution in [0, 0.1) is 0 Å². The number of amides is 1. The Morgan fingerprint density at radius 1 is 0.816 bits per heavy atom. The number of benzene rings is 3. The van der Waals surface area contributed by atoms with Crippen molar-refractivity contribution in [2.24, 2.45) is 0 Å². The van der Waals surface area contributed by atoms with E-state index >= 15 is 0 Å². The minimum absolute atomic E-state index is 0.0580. The van der Waals surface area contributed by atoms with Crippen molar-refractivity contribution in [2.45, 2.75) is 30.6 Å². The summed E-state index contributed by atoms with van der Waals surface area (Å²) in [5.74, 6) is -0.179. The fourth-order valence-corrected chi connectivity index (χ4v) is 5.90. The van der Waals surface area contributed by atoms with Crippen LogP contribution in [0.15, 0.2) is 89.8 Å². The summed E-state index contributed by atoms with van der Waals surface area (Å²) in [5.41, 5.74) is 0.830. The van der Waals surface area contributed by atoms with Crippen molar-refractivity contribution in [1.82, 2.24) is 14.1 Å². The molecule has 1 fully saturated rings. The lowest BCUT2D eigenvalue weighted by molar-refractivity contribution is -0.137. The van der Waals surface area contributed by atoms with E-state index in [1.54, 1.807) is 35.2 Å². The molecule has 6 nitrogen and oxygen atoms in total. The van der Waals surface area contributed by atoms with E-state index in [1.165, 1.54) is 5.56 Å². The number of hydrogen-bond acceptors (Lipinski definition) is 4. The minimum atomic E-state index is -4.67. The summed E-state index contributed by atoms with van der Waals surface area (Å²) >= 11 is 0. The second-order valence-electron chi connectivity index (χ2n) is 9.24. The highest BCUT2D eigenvalue weighted by Crippen LogP contribution is 2.31. The summed E-state index contributed by atoms with van der Waals surface area (Å²) in [6, 6.07) is 22.5. The summed E-state index contributed by atoms with van der Waals surface area (Å²) in [7, 11) is -4.30. The molecule has 3 aromatic rings. The second-order valence-corrected chi connectivity index (χ2v) is 11.2. The van der Waals surface area contributed by atoms with E-state index in [4.69, 9.17) is 0 Å². The Morgan fingerprint density at radius 3 is 2.03 bits per heavy atom. The molecule has 0 unspecified atom stereocenters. The van der Waals surface area contributed by atoms with Crippen LogP contribution in [0.4, 0.5) is 13.2 Å². The number of alkyl halides is 3. The van der Waals surface area contributed by atoms with Crippen LogP contribution in [0.2, 0.25) is 0 Å². The molecule has 0 aromatic heterocycles. The number of rotatable bonds is 9. The van der Waals surface area contributed by atoms with Crippen LogP contribution in [0.5, 0.6) is 0 Å². The number of hydrogen-bond donors (Lipinski definition) is 0. The molecule has 0 saturated carbocycles. The lowest BCUT2D eigenvalue weighted by atomic mass is 10.2. The molecule has 1 saturated heterocycles. The van der Waals surface area contributed by atoms with Crippen molar-refractivity contribution < 1.29 is 26.4 Å². The fourth-order valence-electron chi connectivity index (χ4n) is 4.43. The molecule has 0 bridgehead atoms. The molecule has 0 N–H and O–H groups in total. The van der Waals surface area contributed by atoms with Gasteiger partial charge in [-0.15, -0.1) is 0 Å². The molecule has 10 heteroatoms. The summed E-state index contributed by atoms with van der Waals surface area (Å²) in [4.78, 5) is 16.5. The molecule has 202 valence electrons. The van der Waals surface area contributed by atoms with Gasteiger partial charge in [0, 0.05) is 52.2 Å². The van der Waals surface area contributed by atoms with Crippen LogP contribution < -0.4 is 0 Å². The van der Waals surface area contributed by atoms with Crippen molar-refractivity contribution >= 4 is 15.9 Å².